The third-order valence-corrected chi connectivity index (χ3v) is 10.1. The number of hydrogen-bond acceptors (Lipinski definition) is 5. The molecule has 1 aromatic rings. The molecule has 2 unspecified atom stereocenters. The first-order valence-corrected chi connectivity index (χ1v) is 15.7. The van der Waals surface area contributed by atoms with Crippen LogP contribution < -0.4 is 0 Å². The summed E-state index contributed by atoms with van der Waals surface area (Å²) in [6.07, 6.45) is 9.31. The average Bonchev–Trinajstić information content (AvgIpc) is 3.64. The molecule has 0 aromatic heterocycles. The number of benzene rings is 1. The van der Waals surface area contributed by atoms with Crippen LogP contribution in [0.15, 0.2) is 55.6 Å². The zero-order chi connectivity index (χ0) is 30.0. The van der Waals surface area contributed by atoms with Gasteiger partial charge in [-0.3, -0.25) is 14.4 Å². The van der Waals surface area contributed by atoms with Crippen molar-refractivity contribution >= 4 is 17.7 Å². The summed E-state index contributed by atoms with van der Waals surface area (Å²) in [5, 5.41) is 10.5. The highest BCUT2D eigenvalue weighted by Gasteiger charge is 2.75. The molecule has 2 bridgehead atoms. The first-order chi connectivity index (χ1) is 20.3. The highest BCUT2D eigenvalue weighted by atomic mass is 16.5. The van der Waals surface area contributed by atoms with E-state index in [1.165, 1.54) is 0 Å². The van der Waals surface area contributed by atoms with Crippen molar-refractivity contribution in [2.24, 2.45) is 17.8 Å². The van der Waals surface area contributed by atoms with Gasteiger partial charge in [-0.15, -0.1) is 13.2 Å². The lowest BCUT2D eigenvalue weighted by molar-refractivity contribution is -0.154. The maximum atomic E-state index is 14.7. The molecule has 3 aliphatic heterocycles. The molecule has 6 atom stereocenters. The molecule has 8 nitrogen and oxygen atoms in total. The summed E-state index contributed by atoms with van der Waals surface area (Å²) >= 11 is 0. The Morgan fingerprint density at radius 3 is 2.38 bits per heavy atom. The molecule has 1 aliphatic carbocycles. The monoisotopic (exact) mass is 577 g/mol. The maximum Gasteiger partial charge on any atom is 0.248 e. The van der Waals surface area contributed by atoms with Crippen LogP contribution in [0.25, 0.3) is 0 Å². The zero-order valence-corrected chi connectivity index (χ0v) is 25.2. The van der Waals surface area contributed by atoms with Gasteiger partial charge in [0, 0.05) is 25.7 Å². The van der Waals surface area contributed by atoms with Crippen LogP contribution in [0, 0.1) is 17.8 Å². The van der Waals surface area contributed by atoms with Crippen LogP contribution in [-0.4, -0.2) is 87.1 Å². The summed E-state index contributed by atoms with van der Waals surface area (Å²) in [5.41, 5.74) is -0.103. The second-order valence-corrected chi connectivity index (χ2v) is 12.9. The highest BCUT2D eigenvalue weighted by molar-refractivity contribution is 5.99. The largest absolute Gasteiger partial charge is 0.394 e. The molecule has 0 radical (unpaired) electrons. The highest BCUT2D eigenvalue weighted by Crippen LogP contribution is 2.59. The molecule has 5 rings (SSSR count). The molecule has 228 valence electrons. The number of fused-ring (bicyclic) bond motifs is 1. The quantitative estimate of drug-likeness (QED) is 0.380. The second-order valence-electron chi connectivity index (χ2n) is 12.9. The summed E-state index contributed by atoms with van der Waals surface area (Å²) in [5.74, 6) is -2.08. The van der Waals surface area contributed by atoms with Gasteiger partial charge in [0.15, 0.2) is 0 Å². The van der Waals surface area contributed by atoms with Gasteiger partial charge < -0.3 is 24.5 Å². The van der Waals surface area contributed by atoms with Gasteiger partial charge >= 0.3 is 0 Å². The number of ether oxygens (including phenoxy) is 1. The van der Waals surface area contributed by atoms with Gasteiger partial charge in [0.2, 0.25) is 17.7 Å². The van der Waals surface area contributed by atoms with Gasteiger partial charge in [0.25, 0.3) is 0 Å². The van der Waals surface area contributed by atoms with Gasteiger partial charge in [0.1, 0.15) is 11.6 Å². The van der Waals surface area contributed by atoms with Crippen molar-refractivity contribution < 1.29 is 24.2 Å². The van der Waals surface area contributed by atoms with Gasteiger partial charge in [0.05, 0.1) is 30.6 Å². The van der Waals surface area contributed by atoms with E-state index in [-0.39, 0.29) is 36.3 Å². The zero-order valence-electron chi connectivity index (χ0n) is 25.2. The predicted molar refractivity (Wildman–Crippen MR) is 161 cm³/mol. The van der Waals surface area contributed by atoms with E-state index in [0.29, 0.717) is 32.5 Å². The van der Waals surface area contributed by atoms with Crippen LogP contribution in [0.1, 0.15) is 64.4 Å². The summed E-state index contributed by atoms with van der Waals surface area (Å²) in [6, 6.07) is 8.41. The van der Waals surface area contributed by atoms with Crippen molar-refractivity contribution in [2.45, 2.75) is 95.2 Å². The van der Waals surface area contributed by atoms with Crippen molar-refractivity contribution in [2.75, 3.05) is 19.7 Å². The Hall–Kier alpha value is -2.97. The predicted octanol–water partition coefficient (Wildman–Crippen LogP) is 3.94. The Morgan fingerprint density at radius 2 is 1.76 bits per heavy atom. The molecule has 4 aliphatic rings. The minimum atomic E-state index is -1.10. The van der Waals surface area contributed by atoms with E-state index < -0.39 is 35.6 Å². The van der Waals surface area contributed by atoms with E-state index in [1.807, 2.05) is 49.1 Å². The first-order valence-electron chi connectivity index (χ1n) is 15.7. The normalized spacial score (nSPS) is 29.4. The van der Waals surface area contributed by atoms with Gasteiger partial charge in [-0.2, -0.15) is 0 Å². The molecule has 1 spiro atoms. The van der Waals surface area contributed by atoms with Crippen molar-refractivity contribution in [3.63, 3.8) is 0 Å². The van der Waals surface area contributed by atoms with Gasteiger partial charge in [-0.1, -0.05) is 75.6 Å². The van der Waals surface area contributed by atoms with Crippen LogP contribution in [0.5, 0.6) is 0 Å². The summed E-state index contributed by atoms with van der Waals surface area (Å²) in [6.45, 7) is 12.6. The molecule has 1 aromatic carbocycles. The Balaban J connectivity index is 1.53. The molecule has 1 N–H and O–H groups in total. The topological polar surface area (TPSA) is 90.4 Å². The number of likely N-dealkylation sites (tertiary alicyclic amines) is 1. The number of carbonyl (C=O) groups is 3. The number of hydrogen-bond donors (Lipinski definition) is 1. The van der Waals surface area contributed by atoms with Crippen LogP contribution in [0.3, 0.4) is 0 Å². The van der Waals surface area contributed by atoms with Crippen LogP contribution in [0.4, 0.5) is 0 Å². The van der Waals surface area contributed by atoms with Crippen LogP contribution >= 0.6 is 0 Å². The number of carbonyl (C=O) groups excluding carboxylic acids is 3. The Morgan fingerprint density at radius 1 is 1.07 bits per heavy atom. The van der Waals surface area contributed by atoms with E-state index >= 15 is 0 Å². The van der Waals surface area contributed by atoms with E-state index in [9.17, 15) is 19.5 Å². The molecule has 42 heavy (non-hydrogen) atoms. The number of aliphatic hydroxyl groups excluding tert-OH is 1. The van der Waals surface area contributed by atoms with Crippen molar-refractivity contribution in [3.05, 3.63) is 61.2 Å². The molecule has 4 fully saturated rings. The Bertz CT molecular complexity index is 1160. The standard InChI is InChI=1S/C34H47N3O5/c1-5-19-35(21-24-13-9-7-10-14-24)31(39)28-27-17-18-34(42-27)29(28)32(40)37(26(22-38)23(3)4)30(34)33(41)36(20-6-2)25-15-11-8-12-16-25/h5-7,9-10,13-14,23,25-30,38H,1-2,8,11-12,15-22H2,3-4H3/t26-,27-,28+,29-,30?,34?/m0/s1. The first kappa shape index (κ1) is 30.5. The lowest BCUT2D eigenvalue weighted by atomic mass is 9.70. The fourth-order valence-corrected chi connectivity index (χ4v) is 8.14. The van der Waals surface area contributed by atoms with Gasteiger partial charge in [-0.05, 0) is 37.2 Å². The van der Waals surface area contributed by atoms with Crippen LogP contribution in [-0.2, 0) is 25.7 Å². The number of amides is 3. The lowest BCUT2D eigenvalue weighted by Gasteiger charge is -2.43. The summed E-state index contributed by atoms with van der Waals surface area (Å²) in [4.78, 5) is 48.9. The van der Waals surface area contributed by atoms with E-state index in [2.05, 4.69) is 13.2 Å². The van der Waals surface area contributed by atoms with Gasteiger partial charge in [-0.25, -0.2) is 0 Å². The Kier molecular flexibility index (Phi) is 9.23. The number of rotatable bonds is 12. The lowest BCUT2D eigenvalue weighted by Crippen LogP contribution is -2.61. The minimum Gasteiger partial charge on any atom is -0.394 e. The molecule has 3 heterocycles. The second kappa shape index (κ2) is 12.7. The molecular formula is C34H47N3O5. The third-order valence-electron chi connectivity index (χ3n) is 10.1. The number of aliphatic hydroxyl groups is 1. The minimum absolute atomic E-state index is 0.0771. The van der Waals surface area contributed by atoms with Crippen molar-refractivity contribution in [3.8, 4) is 0 Å². The van der Waals surface area contributed by atoms with E-state index in [1.54, 1.807) is 22.0 Å². The van der Waals surface area contributed by atoms with Crippen molar-refractivity contribution in [1.29, 1.82) is 0 Å². The molecule has 8 heteroatoms. The molecular weight excluding hydrogens is 530 g/mol. The fraction of sp³-hybridized carbons (Fsp3) is 0.618. The van der Waals surface area contributed by atoms with E-state index in [0.717, 1.165) is 37.7 Å². The molecule has 1 saturated carbocycles. The SMILES string of the molecule is C=CCN(Cc1ccccc1)C(=O)[C@@H]1[C@@H]2CCC3(O2)C(C(=O)N(CC=C)C2CCCCC2)N([C@@H](CO)C(C)C)C(=O)[C@H]13. The smallest absolute Gasteiger partial charge is 0.248 e. The third kappa shape index (κ3) is 5.21. The Labute approximate surface area is 250 Å². The molecule has 3 saturated heterocycles. The number of nitrogens with zero attached hydrogens (tertiary/aromatic N) is 3. The fourth-order valence-electron chi connectivity index (χ4n) is 8.14. The van der Waals surface area contributed by atoms with Crippen LogP contribution in [0.2, 0.25) is 0 Å². The maximum absolute atomic E-state index is 14.7. The van der Waals surface area contributed by atoms with E-state index in [4.69, 9.17) is 4.74 Å². The summed E-state index contributed by atoms with van der Waals surface area (Å²) < 4.78 is 6.73. The average molecular weight is 578 g/mol. The molecule has 3 amide bonds. The van der Waals surface area contributed by atoms with Crippen molar-refractivity contribution in [1.82, 2.24) is 14.7 Å². The summed E-state index contributed by atoms with van der Waals surface area (Å²) in [7, 11) is 0.